The van der Waals surface area contributed by atoms with Crippen molar-refractivity contribution in [2.75, 3.05) is 0 Å². The molecule has 63 valence electrons. The second-order valence-corrected chi connectivity index (χ2v) is 3.26. The minimum absolute atomic E-state index is 0.555. The molecule has 0 saturated carbocycles. The van der Waals surface area contributed by atoms with Gasteiger partial charge in [-0.2, -0.15) is 0 Å². The molecule has 0 aliphatic rings. The highest BCUT2D eigenvalue weighted by Gasteiger charge is 1.98. The normalized spacial score (nSPS) is 12.5. The average Bonchev–Trinajstić information content (AvgIpc) is 1.97. The van der Waals surface area contributed by atoms with E-state index in [1.165, 1.54) is 12.8 Å². The fraction of sp³-hybridized carbons (Fsp3) is 0.727. The third kappa shape index (κ3) is 7.46. The first-order valence-electron chi connectivity index (χ1n) is 4.48. The molecule has 0 aromatic carbocycles. The summed E-state index contributed by atoms with van der Waals surface area (Å²) < 4.78 is 0. The molecule has 0 fully saturated rings. The standard InChI is InChI=1S/C11H19/c1-5-6-7-11(4)9-8-10(2)3/h10-11H,2,5,8-9H2,1,3-4H3. The Balaban J connectivity index is 3.44. The maximum atomic E-state index is 3.94. The first kappa shape index (κ1) is 10.6. The van der Waals surface area contributed by atoms with Crippen molar-refractivity contribution in [3.05, 3.63) is 6.92 Å². The van der Waals surface area contributed by atoms with Crippen molar-refractivity contribution < 1.29 is 0 Å². The van der Waals surface area contributed by atoms with Crippen LogP contribution in [0.15, 0.2) is 0 Å². The molecule has 11 heavy (non-hydrogen) atoms. The lowest BCUT2D eigenvalue weighted by Crippen LogP contribution is -1.94. The minimum Gasteiger partial charge on any atom is -0.103 e. The molecule has 0 aliphatic carbocycles. The zero-order chi connectivity index (χ0) is 8.69. The third-order valence-corrected chi connectivity index (χ3v) is 1.62. The zero-order valence-electron chi connectivity index (χ0n) is 7.98. The molecule has 0 N–H and O–H groups in total. The predicted molar refractivity (Wildman–Crippen MR) is 51.0 cm³/mol. The lowest BCUT2D eigenvalue weighted by Gasteiger charge is -2.05. The summed E-state index contributed by atoms with van der Waals surface area (Å²) in [4.78, 5) is 0. The van der Waals surface area contributed by atoms with Gasteiger partial charge in [0, 0.05) is 12.3 Å². The molecular weight excluding hydrogens is 132 g/mol. The van der Waals surface area contributed by atoms with Crippen molar-refractivity contribution in [3.8, 4) is 11.8 Å². The maximum Gasteiger partial charge on any atom is 0.0174 e. The molecule has 2 atom stereocenters. The van der Waals surface area contributed by atoms with Gasteiger partial charge in [-0.25, -0.2) is 0 Å². The van der Waals surface area contributed by atoms with Gasteiger partial charge in [0.25, 0.3) is 0 Å². The average molecular weight is 151 g/mol. The molecule has 0 nitrogen and oxygen atoms in total. The van der Waals surface area contributed by atoms with Gasteiger partial charge in [-0.1, -0.05) is 27.7 Å². The predicted octanol–water partition coefficient (Wildman–Crippen LogP) is 3.29. The Kier molecular flexibility index (Phi) is 6.03. The first-order chi connectivity index (χ1) is 5.16. The molecule has 0 heteroatoms. The van der Waals surface area contributed by atoms with Gasteiger partial charge in [-0.15, -0.1) is 11.8 Å². The summed E-state index contributed by atoms with van der Waals surface area (Å²) in [6, 6.07) is 0. The number of hydrogen-bond donors (Lipinski definition) is 0. The summed E-state index contributed by atoms with van der Waals surface area (Å²) in [6.45, 7) is 10.4. The van der Waals surface area contributed by atoms with E-state index in [0.29, 0.717) is 11.8 Å². The summed E-state index contributed by atoms with van der Waals surface area (Å²) in [7, 11) is 0. The van der Waals surface area contributed by atoms with Crippen LogP contribution in [0.2, 0.25) is 0 Å². The Morgan fingerprint density at radius 1 is 1.27 bits per heavy atom. The Morgan fingerprint density at radius 2 is 1.91 bits per heavy atom. The monoisotopic (exact) mass is 151 g/mol. The lowest BCUT2D eigenvalue weighted by molar-refractivity contribution is 0.543. The minimum atomic E-state index is 0.555. The molecule has 2 unspecified atom stereocenters. The van der Waals surface area contributed by atoms with Gasteiger partial charge in [0.05, 0.1) is 0 Å². The largest absolute Gasteiger partial charge is 0.103 e. The Bertz CT molecular complexity index is 134. The second-order valence-electron chi connectivity index (χ2n) is 3.26. The second kappa shape index (κ2) is 6.28. The molecule has 0 aromatic rings. The SMILES string of the molecule is [CH2]C(C)CCC(C)C#CCC. The van der Waals surface area contributed by atoms with Crippen LogP contribution in [0.5, 0.6) is 0 Å². The van der Waals surface area contributed by atoms with Gasteiger partial charge in [-0.05, 0) is 18.8 Å². The van der Waals surface area contributed by atoms with E-state index in [1.54, 1.807) is 0 Å². The summed E-state index contributed by atoms with van der Waals surface area (Å²) in [5.74, 6) is 7.44. The highest BCUT2D eigenvalue weighted by Crippen LogP contribution is 2.10. The zero-order valence-corrected chi connectivity index (χ0v) is 7.98. The molecule has 0 saturated heterocycles. The summed E-state index contributed by atoms with van der Waals surface area (Å²) in [5.41, 5.74) is 0. The van der Waals surface area contributed by atoms with E-state index >= 15 is 0 Å². The van der Waals surface area contributed by atoms with Crippen molar-refractivity contribution >= 4 is 0 Å². The van der Waals surface area contributed by atoms with Gasteiger partial charge in [0.1, 0.15) is 0 Å². The topological polar surface area (TPSA) is 0 Å². The first-order valence-corrected chi connectivity index (χ1v) is 4.48. The van der Waals surface area contributed by atoms with Crippen LogP contribution >= 0.6 is 0 Å². The fourth-order valence-corrected chi connectivity index (χ4v) is 0.883. The highest BCUT2D eigenvalue weighted by atomic mass is 14.0. The van der Waals surface area contributed by atoms with Crippen molar-refractivity contribution in [1.29, 1.82) is 0 Å². The van der Waals surface area contributed by atoms with Crippen LogP contribution in [-0.2, 0) is 0 Å². The van der Waals surface area contributed by atoms with Crippen LogP contribution in [0.3, 0.4) is 0 Å². The molecule has 0 rings (SSSR count). The van der Waals surface area contributed by atoms with Gasteiger partial charge >= 0.3 is 0 Å². The highest BCUT2D eigenvalue weighted by molar-refractivity contribution is 5.01. The van der Waals surface area contributed by atoms with Crippen LogP contribution in [0, 0.1) is 30.6 Å². The van der Waals surface area contributed by atoms with Crippen LogP contribution in [0.4, 0.5) is 0 Å². The van der Waals surface area contributed by atoms with Crippen molar-refractivity contribution in [3.63, 3.8) is 0 Å². The smallest absolute Gasteiger partial charge is 0.0174 e. The van der Waals surface area contributed by atoms with Crippen molar-refractivity contribution in [2.45, 2.75) is 40.0 Å². The van der Waals surface area contributed by atoms with E-state index in [2.05, 4.69) is 39.5 Å². The van der Waals surface area contributed by atoms with E-state index in [4.69, 9.17) is 0 Å². The summed E-state index contributed by atoms with van der Waals surface area (Å²) in [6.07, 6.45) is 3.36. The Labute approximate surface area is 71.4 Å². The van der Waals surface area contributed by atoms with Gasteiger partial charge in [0.2, 0.25) is 0 Å². The molecule has 0 spiro atoms. The summed E-state index contributed by atoms with van der Waals surface area (Å²) >= 11 is 0. The van der Waals surface area contributed by atoms with Gasteiger partial charge in [0.15, 0.2) is 0 Å². The fourth-order valence-electron chi connectivity index (χ4n) is 0.883. The summed E-state index contributed by atoms with van der Waals surface area (Å²) in [5, 5.41) is 0. The van der Waals surface area contributed by atoms with Crippen molar-refractivity contribution in [2.24, 2.45) is 11.8 Å². The quantitative estimate of drug-likeness (QED) is 0.543. The van der Waals surface area contributed by atoms with Crippen LogP contribution < -0.4 is 0 Å². The molecule has 0 amide bonds. The lowest BCUT2D eigenvalue weighted by atomic mass is 10.00. The third-order valence-electron chi connectivity index (χ3n) is 1.62. The van der Waals surface area contributed by atoms with E-state index < -0.39 is 0 Å². The van der Waals surface area contributed by atoms with E-state index in [9.17, 15) is 0 Å². The van der Waals surface area contributed by atoms with Gasteiger partial charge < -0.3 is 0 Å². The molecule has 0 aliphatic heterocycles. The van der Waals surface area contributed by atoms with Crippen LogP contribution in [0.25, 0.3) is 0 Å². The Hall–Kier alpha value is -0.440. The number of rotatable bonds is 3. The Morgan fingerprint density at radius 3 is 2.36 bits per heavy atom. The molecular formula is C11H19. The maximum absolute atomic E-state index is 3.94. The van der Waals surface area contributed by atoms with Gasteiger partial charge in [-0.3, -0.25) is 0 Å². The van der Waals surface area contributed by atoms with Crippen LogP contribution in [-0.4, -0.2) is 0 Å². The van der Waals surface area contributed by atoms with E-state index in [0.717, 1.165) is 6.42 Å². The molecule has 1 radical (unpaired) electrons. The van der Waals surface area contributed by atoms with Crippen molar-refractivity contribution in [1.82, 2.24) is 0 Å². The molecule has 0 aromatic heterocycles. The molecule has 0 bridgehead atoms. The molecule has 0 heterocycles. The number of hydrogen-bond acceptors (Lipinski definition) is 0. The van der Waals surface area contributed by atoms with E-state index in [1.807, 2.05) is 0 Å². The van der Waals surface area contributed by atoms with E-state index in [-0.39, 0.29) is 0 Å². The van der Waals surface area contributed by atoms with Crippen LogP contribution in [0.1, 0.15) is 40.0 Å².